The molecule has 0 aliphatic heterocycles. The maximum Gasteiger partial charge on any atom is 0.0959 e. The van der Waals surface area contributed by atoms with Gasteiger partial charge in [-0.1, -0.05) is 37.0 Å². The molecule has 0 spiro atoms. The first-order valence-electron chi connectivity index (χ1n) is 7.15. The minimum atomic E-state index is -0.422. The normalized spacial score (nSPS) is 13.8. The Labute approximate surface area is 137 Å². The van der Waals surface area contributed by atoms with Gasteiger partial charge in [-0.2, -0.15) is 0 Å². The summed E-state index contributed by atoms with van der Waals surface area (Å²) < 4.78 is 1.93. The summed E-state index contributed by atoms with van der Waals surface area (Å²) in [4.78, 5) is 4.31. The molecule has 21 heavy (non-hydrogen) atoms. The molecule has 0 saturated carbocycles. The van der Waals surface area contributed by atoms with E-state index < -0.39 is 6.10 Å². The van der Waals surface area contributed by atoms with Crippen molar-refractivity contribution < 1.29 is 5.11 Å². The van der Waals surface area contributed by atoms with Crippen LogP contribution in [0.5, 0.6) is 0 Å². The molecular formula is C15H21Cl2N2OP. The Balaban J connectivity index is 2.18. The molecule has 116 valence electrons. The minimum absolute atomic E-state index is 0.0940. The quantitative estimate of drug-likeness (QED) is 0.780. The molecule has 1 heterocycles. The smallest absolute Gasteiger partial charge is 0.0959 e. The van der Waals surface area contributed by atoms with Crippen molar-refractivity contribution in [1.29, 1.82) is 0 Å². The predicted octanol–water partition coefficient (Wildman–Crippen LogP) is 4.53. The molecular weight excluding hydrogens is 326 g/mol. The van der Waals surface area contributed by atoms with Crippen molar-refractivity contribution in [3.8, 4) is 0 Å². The average Bonchev–Trinajstić information content (AvgIpc) is 2.81. The lowest BCUT2D eigenvalue weighted by molar-refractivity contribution is 0.130. The van der Waals surface area contributed by atoms with Crippen LogP contribution in [-0.2, 0) is 6.54 Å². The molecule has 3 nitrogen and oxygen atoms in total. The predicted molar refractivity (Wildman–Crippen MR) is 93.4 cm³/mol. The topological polar surface area (TPSA) is 38.0 Å². The second-order valence-corrected chi connectivity index (χ2v) is 7.62. The maximum absolute atomic E-state index is 10.4. The highest BCUT2D eigenvalue weighted by Crippen LogP contribution is 2.33. The minimum Gasteiger partial charge on any atom is -0.391 e. The summed E-state index contributed by atoms with van der Waals surface area (Å²) in [5.41, 5.74) is 1.69. The number of benzene rings is 1. The summed E-state index contributed by atoms with van der Waals surface area (Å²) in [7, 11) is 2.89. The summed E-state index contributed by atoms with van der Waals surface area (Å²) in [5.74, 6) is 0. The van der Waals surface area contributed by atoms with Crippen molar-refractivity contribution in [2.24, 2.45) is 0 Å². The first-order valence-corrected chi connectivity index (χ1v) is 8.48. The molecule has 0 amide bonds. The molecule has 0 fully saturated rings. The van der Waals surface area contributed by atoms with Crippen LogP contribution < -0.4 is 0 Å². The van der Waals surface area contributed by atoms with E-state index in [-0.39, 0.29) is 5.16 Å². The van der Waals surface area contributed by atoms with E-state index in [1.807, 2.05) is 4.57 Å². The van der Waals surface area contributed by atoms with Gasteiger partial charge in [0.1, 0.15) is 0 Å². The molecule has 1 aromatic carbocycles. The Morgan fingerprint density at radius 1 is 1.29 bits per heavy atom. The first-order chi connectivity index (χ1) is 9.88. The van der Waals surface area contributed by atoms with Gasteiger partial charge < -0.3 is 9.67 Å². The molecule has 2 atom stereocenters. The lowest BCUT2D eigenvalue weighted by atomic mass is 9.94. The molecule has 2 rings (SSSR count). The van der Waals surface area contributed by atoms with Gasteiger partial charge in [0.05, 0.1) is 40.1 Å². The van der Waals surface area contributed by atoms with Crippen LogP contribution in [0.4, 0.5) is 0 Å². The van der Waals surface area contributed by atoms with Gasteiger partial charge in [0, 0.05) is 0 Å². The van der Waals surface area contributed by atoms with E-state index in [4.69, 9.17) is 23.2 Å². The monoisotopic (exact) mass is 346 g/mol. The molecule has 0 radical (unpaired) electrons. The Bertz CT molecular complexity index is 625. The van der Waals surface area contributed by atoms with Gasteiger partial charge >= 0.3 is 0 Å². The molecule has 2 aromatic rings. The molecule has 0 bridgehead atoms. The number of aliphatic hydroxyl groups is 1. The highest BCUT2D eigenvalue weighted by molar-refractivity contribution is 7.19. The number of hydrogen-bond acceptors (Lipinski definition) is 2. The van der Waals surface area contributed by atoms with Crippen LogP contribution in [0.25, 0.3) is 11.0 Å². The van der Waals surface area contributed by atoms with Crippen LogP contribution in [0.1, 0.15) is 33.1 Å². The molecule has 0 saturated heterocycles. The number of nitrogens with zero attached hydrogens (tertiary/aromatic N) is 2. The van der Waals surface area contributed by atoms with E-state index in [1.165, 1.54) is 0 Å². The molecule has 6 heteroatoms. The van der Waals surface area contributed by atoms with E-state index in [2.05, 4.69) is 28.1 Å². The summed E-state index contributed by atoms with van der Waals surface area (Å²) in [6.45, 7) is 4.81. The molecule has 0 aliphatic rings. The molecule has 0 aliphatic carbocycles. The number of hydrogen-bond donors (Lipinski definition) is 1. The third-order valence-electron chi connectivity index (χ3n) is 4.12. The first kappa shape index (κ1) is 17.0. The zero-order valence-electron chi connectivity index (χ0n) is 12.3. The van der Waals surface area contributed by atoms with E-state index >= 15 is 0 Å². The number of imidazole rings is 1. The Kier molecular flexibility index (Phi) is 5.54. The van der Waals surface area contributed by atoms with E-state index in [0.717, 1.165) is 30.3 Å². The van der Waals surface area contributed by atoms with Crippen molar-refractivity contribution in [3.63, 3.8) is 0 Å². The lowest BCUT2D eigenvalue weighted by Crippen LogP contribution is -2.28. The van der Waals surface area contributed by atoms with Crippen LogP contribution in [0, 0.1) is 0 Å². The van der Waals surface area contributed by atoms with Gasteiger partial charge in [-0.15, -0.1) is 9.24 Å². The van der Waals surface area contributed by atoms with Gasteiger partial charge in [-0.3, -0.25) is 0 Å². The molecule has 1 unspecified atom stereocenters. The lowest BCUT2D eigenvalue weighted by Gasteiger charge is -2.29. The van der Waals surface area contributed by atoms with Crippen LogP contribution >= 0.6 is 32.4 Å². The number of rotatable bonds is 6. The Morgan fingerprint density at radius 2 is 1.90 bits per heavy atom. The van der Waals surface area contributed by atoms with Crippen molar-refractivity contribution in [1.82, 2.24) is 9.55 Å². The van der Waals surface area contributed by atoms with E-state index in [0.29, 0.717) is 16.6 Å². The highest BCUT2D eigenvalue weighted by atomic mass is 35.5. The number of halogens is 2. The van der Waals surface area contributed by atoms with Crippen molar-refractivity contribution in [3.05, 3.63) is 28.5 Å². The summed E-state index contributed by atoms with van der Waals surface area (Å²) in [6.07, 6.45) is 4.10. The summed E-state index contributed by atoms with van der Waals surface area (Å²) >= 11 is 12.1. The second-order valence-electron chi connectivity index (χ2n) is 5.58. The third-order valence-corrected chi connectivity index (χ3v) is 5.90. The van der Waals surface area contributed by atoms with Gasteiger partial charge in [-0.25, -0.2) is 4.98 Å². The van der Waals surface area contributed by atoms with Crippen LogP contribution in [0.3, 0.4) is 0 Å². The SMILES string of the molecule is CCC(P)(CC)C[C@@H](O)Cn1cnc2cc(Cl)c(Cl)cc21. The molecule has 1 N–H and O–H groups in total. The van der Waals surface area contributed by atoms with Gasteiger partial charge in [0.25, 0.3) is 0 Å². The second kappa shape index (κ2) is 6.83. The molecule has 1 aromatic heterocycles. The number of fused-ring (bicyclic) bond motifs is 1. The zero-order valence-corrected chi connectivity index (χ0v) is 15.0. The van der Waals surface area contributed by atoms with Crippen molar-refractivity contribution in [2.45, 2.75) is 50.9 Å². The number of aromatic nitrogens is 2. The van der Waals surface area contributed by atoms with Crippen LogP contribution in [0.2, 0.25) is 10.0 Å². The fraction of sp³-hybridized carbons (Fsp3) is 0.533. The fourth-order valence-electron chi connectivity index (χ4n) is 2.50. The maximum atomic E-state index is 10.4. The third kappa shape index (κ3) is 3.90. The average molecular weight is 347 g/mol. The highest BCUT2D eigenvalue weighted by Gasteiger charge is 2.24. The summed E-state index contributed by atoms with van der Waals surface area (Å²) in [6, 6.07) is 3.55. The van der Waals surface area contributed by atoms with Gasteiger partial charge in [0.2, 0.25) is 0 Å². The largest absolute Gasteiger partial charge is 0.391 e. The number of aliphatic hydroxyl groups excluding tert-OH is 1. The summed E-state index contributed by atoms with van der Waals surface area (Å²) in [5, 5.41) is 11.5. The van der Waals surface area contributed by atoms with Crippen molar-refractivity contribution in [2.75, 3.05) is 0 Å². The standard InChI is InChI=1S/C15H21Cl2N2OP/c1-3-15(21,4-2)7-10(20)8-19-9-18-13-5-11(16)12(17)6-14(13)19/h5-6,9-10,20H,3-4,7-8,21H2,1-2H3/t10-/m1/s1. The van der Waals surface area contributed by atoms with Gasteiger partial charge in [0.15, 0.2) is 0 Å². The van der Waals surface area contributed by atoms with Crippen LogP contribution in [-0.4, -0.2) is 25.9 Å². The zero-order chi connectivity index (χ0) is 15.6. The Morgan fingerprint density at radius 3 is 2.52 bits per heavy atom. The fourth-order valence-corrected chi connectivity index (χ4v) is 3.09. The van der Waals surface area contributed by atoms with Crippen molar-refractivity contribution >= 4 is 43.5 Å². The van der Waals surface area contributed by atoms with Gasteiger partial charge in [-0.05, 0) is 36.6 Å². The Hall–Kier alpha value is -0.340. The van der Waals surface area contributed by atoms with Crippen LogP contribution in [0.15, 0.2) is 18.5 Å². The van der Waals surface area contributed by atoms with E-state index in [1.54, 1.807) is 18.5 Å². The van der Waals surface area contributed by atoms with E-state index in [9.17, 15) is 5.11 Å².